The summed E-state index contributed by atoms with van der Waals surface area (Å²) >= 11 is 0. The molecule has 3 heterocycles. The molecule has 0 radical (unpaired) electrons. The second-order valence-electron chi connectivity index (χ2n) is 7.85. The van der Waals surface area contributed by atoms with Crippen LogP contribution >= 0.6 is 0 Å². The Labute approximate surface area is 171 Å². The Morgan fingerprint density at radius 1 is 1.31 bits per heavy atom. The maximum absolute atomic E-state index is 12.8. The highest BCUT2D eigenvalue weighted by Gasteiger charge is 2.23. The van der Waals surface area contributed by atoms with Crippen LogP contribution in [0.1, 0.15) is 52.6 Å². The van der Waals surface area contributed by atoms with Crippen LogP contribution in [0.25, 0.3) is 0 Å². The van der Waals surface area contributed by atoms with Gasteiger partial charge in [0.2, 0.25) is 0 Å². The monoisotopic (exact) mass is 399 g/mol. The van der Waals surface area contributed by atoms with E-state index in [1.165, 1.54) is 0 Å². The fourth-order valence-corrected chi connectivity index (χ4v) is 3.91. The molecule has 2 aromatic rings. The van der Waals surface area contributed by atoms with Crippen molar-refractivity contribution >= 4 is 5.91 Å². The lowest BCUT2D eigenvalue weighted by Gasteiger charge is -2.23. The number of piperidine rings is 1. The first-order valence-corrected chi connectivity index (χ1v) is 10.4. The van der Waals surface area contributed by atoms with Crippen LogP contribution < -0.4 is 15.4 Å². The molecule has 1 aromatic heterocycles. The zero-order valence-corrected chi connectivity index (χ0v) is 17.1. The topological polar surface area (TPSA) is 90.3 Å². The summed E-state index contributed by atoms with van der Waals surface area (Å²) < 4.78 is 13.4. The van der Waals surface area contributed by atoms with E-state index in [1.54, 1.807) is 0 Å². The average Bonchev–Trinajstić information content (AvgIpc) is 3.37. The van der Waals surface area contributed by atoms with Gasteiger partial charge in [-0.25, -0.2) is 4.68 Å². The van der Waals surface area contributed by atoms with Crippen molar-refractivity contribution in [2.24, 2.45) is 0 Å². The van der Waals surface area contributed by atoms with Crippen LogP contribution in [0.4, 0.5) is 0 Å². The number of rotatable bonds is 6. The second-order valence-corrected chi connectivity index (χ2v) is 7.85. The minimum Gasteiger partial charge on any atom is -0.488 e. The van der Waals surface area contributed by atoms with Crippen LogP contribution in [-0.2, 0) is 11.3 Å². The van der Waals surface area contributed by atoms with Crippen LogP contribution in [0.2, 0.25) is 0 Å². The van der Waals surface area contributed by atoms with Crippen LogP contribution in [0.15, 0.2) is 18.2 Å². The van der Waals surface area contributed by atoms with Crippen molar-refractivity contribution in [2.45, 2.75) is 51.8 Å². The van der Waals surface area contributed by atoms with Gasteiger partial charge in [0, 0.05) is 18.5 Å². The Hall–Kier alpha value is -2.45. The lowest BCUT2D eigenvalue weighted by Crippen LogP contribution is -2.30. The summed E-state index contributed by atoms with van der Waals surface area (Å²) in [5, 5.41) is 14.7. The van der Waals surface area contributed by atoms with E-state index in [1.807, 2.05) is 36.7 Å². The molecule has 8 heteroatoms. The van der Waals surface area contributed by atoms with Crippen LogP contribution in [0.5, 0.6) is 5.75 Å². The lowest BCUT2D eigenvalue weighted by atomic mass is 10.1. The van der Waals surface area contributed by atoms with Gasteiger partial charge in [0.05, 0.1) is 24.9 Å². The first-order chi connectivity index (χ1) is 14.1. The molecule has 2 fully saturated rings. The molecular formula is C21H29N5O3. The number of hydrogen-bond acceptors (Lipinski definition) is 6. The molecule has 156 valence electrons. The zero-order chi connectivity index (χ0) is 20.2. The Balaban J connectivity index is 1.42. The Kier molecular flexibility index (Phi) is 6.10. The highest BCUT2D eigenvalue weighted by Crippen LogP contribution is 2.24. The fraction of sp³-hybridized carbons (Fsp3) is 0.571. The number of nitrogens with one attached hydrogen (secondary N) is 2. The van der Waals surface area contributed by atoms with Crippen LogP contribution in [0, 0.1) is 13.8 Å². The number of carbonyl (C=O) groups is 1. The number of amides is 1. The molecule has 0 aliphatic carbocycles. The SMILES string of the molecule is Cc1ccc(CNC(=O)c2nnn(C3CCNCC3)c2C)c(OC2CCOC2)c1. The van der Waals surface area contributed by atoms with E-state index in [-0.39, 0.29) is 12.0 Å². The summed E-state index contributed by atoms with van der Waals surface area (Å²) in [6, 6.07) is 6.34. The van der Waals surface area contributed by atoms with E-state index in [4.69, 9.17) is 9.47 Å². The average molecular weight is 399 g/mol. The third kappa shape index (κ3) is 4.59. The molecule has 1 atom stereocenters. The number of aryl methyl sites for hydroxylation is 1. The first-order valence-electron chi connectivity index (χ1n) is 10.4. The minimum absolute atomic E-state index is 0.0679. The number of nitrogens with zero attached hydrogens (tertiary/aromatic N) is 3. The standard InChI is InChI=1S/C21H29N5O3/c1-14-3-4-16(19(11-14)29-18-7-10-28-13-18)12-23-21(27)20-15(2)26(25-24-20)17-5-8-22-9-6-17/h3-4,11,17-18,22H,5-10,12-13H2,1-2H3,(H,23,27). The highest BCUT2D eigenvalue weighted by molar-refractivity contribution is 5.93. The summed E-state index contributed by atoms with van der Waals surface area (Å²) in [6.07, 6.45) is 2.96. The number of aromatic nitrogens is 3. The molecule has 8 nitrogen and oxygen atoms in total. The summed E-state index contributed by atoms with van der Waals surface area (Å²) in [7, 11) is 0. The van der Waals surface area contributed by atoms with Gasteiger partial charge in [-0.1, -0.05) is 17.3 Å². The third-order valence-corrected chi connectivity index (χ3v) is 5.64. The van der Waals surface area contributed by atoms with Gasteiger partial charge < -0.3 is 20.1 Å². The fourth-order valence-electron chi connectivity index (χ4n) is 3.91. The van der Waals surface area contributed by atoms with Gasteiger partial charge in [-0.05, 0) is 51.4 Å². The van der Waals surface area contributed by atoms with Gasteiger partial charge in [-0.15, -0.1) is 5.10 Å². The number of ether oxygens (including phenoxy) is 2. The second kappa shape index (κ2) is 8.92. The Bertz CT molecular complexity index is 854. The number of hydrogen-bond donors (Lipinski definition) is 2. The smallest absolute Gasteiger partial charge is 0.274 e. The van der Waals surface area contributed by atoms with Gasteiger partial charge in [0.15, 0.2) is 5.69 Å². The molecule has 2 aliphatic rings. The van der Waals surface area contributed by atoms with Crippen molar-refractivity contribution < 1.29 is 14.3 Å². The molecule has 1 amide bonds. The van der Waals surface area contributed by atoms with Crippen molar-refractivity contribution in [2.75, 3.05) is 26.3 Å². The molecule has 0 spiro atoms. The zero-order valence-electron chi connectivity index (χ0n) is 17.1. The molecule has 0 bridgehead atoms. The van der Waals surface area contributed by atoms with E-state index in [0.717, 1.165) is 61.5 Å². The summed E-state index contributed by atoms with van der Waals surface area (Å²) in [6.45, 7) is 7.59. The molecule has 0 saturated carbocycles. The molecule has 2 saturated heterocycles. The van der Waals surface area contributed by atoms with E-state index in [0.29, 0.717) is 24.9 Å². The van der Waals surface area contributed by atoms with Crippen molar-refractivity contribution in [3.8, 4) is 5.75 Å². The van der Waals surface area contributed by atoms with Crippen molar-refractivity contribution in [1.82, 2.24) is 25.6 Å². The predicted octanol–water partition coefficient (Wildman–Crippen LogP) is 1.92. The van der Waals surface area contributed by atoms with E-state index in [9.17, 15) is 4.79 Å². The summed E-state index contributed by atoms with van der Waals surface area (Å²) in [5.41, 5.74) is 3.27. The molecule has 1 unspecified atom stereocenters. The quantitative estimate of drug-likeness (QED) is 0.771. The largest absolute Gasteiger partial charge is 0.488 e. The Morgan fingerprint density at radius 2 is 2.14 bits per heavy atom. The predicted molar refractivity (Wildman–Crippen MR) is 108 cm³/mol. The van der Waals surface area contributed by atoms with E-state index in [2.05, 4.69) is 20.9 Å². The molecule has 4 rings (SSSR count). The normalized spacial score (nSPS) is 20.0. The van der Waals surface area contributed by atoms with Gasteiger partial charge in [0.1, 0.15) is 11.9 Å². The van der Waals surface area contributed by atoms with Crippen molar-refractivity contribution in [3.63, 3.8) is 0 Å². The van der Waals surface area contributed by atoms with Crippen molar-refractivity contribution in [1.29, 1.82) is 0 Å². The van der Waals surface area contributed by atoms with Gasteiger partial charge in [0.25, 0.3) is 5.91 Å². The minimum atomic E-state index is -0.210. The van der Waals surface area contributed by atoms with Gasteiger partial charge >= 0.3 is 0 Å². The molecule has 2 N–H and O–H groups in total. The Morgan fingerprint density at radius 3 is 2.90 bits per heavy atom. The maximum Gasteiger partial charge on any atom is 0.274 e. The molecule has 29 heavy (non-hydrogen) atoms. The van der Waals surface area contributed by atoms with Gasteiger partial charge in [-0.2, -0.15) is 0 Å². The van der Waals surface area contributed by atoms with Crippen molar-refractivity contribution in [3.05, 3.63) is 40.7 Å². The molecule has 2 aliphatic heterocycles. The van der Waals surface area contributed by atoms with E-state index >= 15 is 0 Å². The van der Waals surface area contributed by atoms with E-state index < -0.39 is 0 Å². The lowest BCUT2D eigenvalue weighted by molar-refractivity contribution is 0.0944. The third-order valence-electron chi connectivity index (χ3n) is 5.64. The highest BCUT2D eigenvalue weighted by atomic mass is 16.5. The molecular weight excluding hydrogens is 370 g/mol. The number of benzene rings is 1. The van der Waals surface area contributed by atoms with Crippen LogP contribution in [-0.4, -0.2) is 53.3 Å². The van der Waals surface area contributed by atoms with Crippen LogP contribution in [0.3, 0.4) is 0 Å². The summed E-state index contributed by atoms with van der Waals surface area (Å²) in [4.78, 5) is 12.8. The number of carbonyl (C=O) groups excluding carboxylic acids is 1. The molecule has 1 aromatic carbocycles. The summed E-state index contributed by atoms with van der Waals surface area (Å²) in [5.74, 6) is 0.592. The first kappa shape index (κ1) is 19.8. The van der Waals surface area contributed by atoms with Gasteiger partial charge in [-0.3, -0.25) is 4.79 Å². The maximum atomic E-state index is 12.8.